The van der Waals surface area contributed by atoms with Gasteiger partial charge in [0.1, 0.15) is 5.78 Å². The van der Waals surface area contributed by atoms with Crippen molar-refractivity contribution in [3.8, 4) is 0 Å². The molecule has 0 aliphatic heterocycles. The first-order valence-corrected chi connectivity index (χ1v) is 10.8. The van der Waals surface area contributed by atoms with E-state index < -0.39 is 0 Å². The third-order valence-corrected chi connectivity index (χ3v) is 10.2. The van der Waals surface area contributed by atoms with Crippen molar-refractivity contribution in [3.63, 3.8) is 0 Å². The molecule has 2 heteroatoms. The van der Waals surface area contributed by atoms with E-state index in [1.807, 2.05) is 13.0 Å². The molecule has 3 saturated carbocycles. The minimum absolute atomic E-state index is 0.0409. The topological polar surface area (TPSA) is 34.1 Å². The molecule has 0 aromatic heterocycles. The zero-order chi connectivity index (χ0) is 18.5. The third-order valence-electron chi connectivity index (χ3n) is 10.2. The van der Waals surface area contributed by atoms with Crippen LogP contribution in [0.2, 0.25) is 0 Å². The maximum Gasteiger partial charge on any atom is 0.159 e. The molecule has 0 N–H and O–H groups in total. The van der Waals surface area contributed by atoms with Crippen LogP contribution in [0.25, 0.3) is 0 Å². The van der Waals surface area contributed by atoms with Crippen LogP contribution in [0, 0.1) is 34.0 Å². The van der Waals surface area contributed by atoms with Crippen LogP contribution in [0.15, 0.2) is 22.8 Å². The van der Waals surface area contributed by atoms with Crippen molar-refractivity contribution in [2.75, 3.05) is 0 Å². The van der Waals surface area contributed by atoms with Gasteiger partial charge in [0.2, 0.25) is 0 Å². The molecule has 0 radical (unpaired) electrons. The molecule has 4 atom stereocenters. The van der Waals surface area contributed by atoms with Crippen molar-refractivity contribution in [1.82, 2.24) is 0 Å². The van der Waals surface area contributed by atoms with Gasteiger partial charge in [-0.2, -0.15) is 0 Å². The van der Waals surface area contributed by atoms with Gasteiger partial charge in [-0.15, -0.1) is 0 Å². The SMILES string of the molecule is CC(=O)C12CCC3(CC1)[C@@H]1CCC4=CC(=O)C(C)C(C)C4=C1CC[C@]23C. The van der Waals surface area contributed by atoms with Gasteiger partial charge in [0, 0.05) is 11.3 Å². The van der Waals surface area contributed by atoms with Crippen molar-refractivity contribution < 1.29 is 9.59 Å². The number of Topliss-reactive ketones (excluding diaryl/α,β-unsaturated/α-hetero) is 1. The van der Waals surface area contributed by atoms with Crippen molar-refractivity contribution in [2.45, 2.75) is 79.1 Å². The summed E-state index contributed by atoms with van der Waals surface area (Å²) in [7, 11) is 0. The highest BCUT2D eigenvalue weighted by Gasteiger charge is 2.74. The molecule has 2 bridgehead atoms. The molecule has 3 fully saturated rings. The lowest BCUT2D eigenvalue weighted by molar-refractivity contribution is -0.134. The lowest BCUT2D eigenvalue weighted by Crippen LogP contribution is -2.50. The average molecular weight is 353 g/mol. The van der Waals surface area contributed by atoms with E-state index in [9.17, 15) is 9.59 Å². The molecule has 0 heterocycles. The molecule has 140 valence electrons. The van der Waals surface area contributed by atoms with Gasteiger partial charge in [-0.1, -0.05) is 26.3 Å². The minimum Gasteiger partial charge on any atom is -0.299 e. The molecular weight excluding hydrogens is 320 g/mol. The molecule has 0 aromatic carbocycles. The summed E-state index contributed by atoms with van der Waals surface area (Å²) in [6, 6.07) is 0. The summed E-state index contributed by atoms with van der Waals surface area (Å²) in [5, 5.41) is 0. The normalized spacial score (nSPS) is 49.5. The Morgan fingerprint density at radius 1 is 1.04 bits per heavy atom. The highest BCUT2D eigenvalue weighted by molar-refractivity contribution is 5.95. The second-order valence-corrected chi connectivity index (χ2v) is 10.3. The lowest BCUT2D eigenvalue weighted by Gasteiger charge is -2.56. The largest absolute Gasteiger partial charge is 0.299 e. The predicted molar refractivity (Wildman–Crippen MR) is 103 cm³/mol. The zero-order valence-corrected chi connectivity index (χ0v) is 16.8. The summed E-state index contributed by atoms with van der Waals surface area (Å²) in [5.41, 5.74) is 5.09. The lowest BCUT2D eigenvalue weighted by atomic mass is 9.48. The molecule has 2 unspecified atom stereocenters. The molecule has 0 spiro atoms. The molecule has 0 aromatic rings. The quantitative estimate of drug-likeness (QED) is 0.631. The van der Waals surface area contributed by atoms with Gasteiger partial charge < -0.3 is 0 Å². The number of fused-ring (bicyclic) bond motifs is 2. The molecule has 5 rings (SSSR count). The molecule has 26 heavy (non-hydrogen) atoms. The zero-order valence-electron chi connectivity index (χ0n) is 16.8. The van der Waals surface area contributed by atoms with Gasteiger partial charge in [0.25, 0.3) is 0 Å². The number of ketones is 2. The van der Waals surface area contributed by atoms with E-state index in [4.69, 9.17) is 0 Å². The fraction of sp³-hybridized carbons (Fsp3) is 0.750. The Labute approximate surface area is 157 Å². The Bertz CT molecular complexity index is 774. The van der Waals surface area contributed by atoms with Crippen LogP contribution < -0.4 is 0 Å². The fourth-order valence-corrected chi connectivity index (χ4v) is 8.51. The smallest absolute Gasteiger partial charge is 0.159 e. The van der Waals surface area contributed by atoms with Crippen molar-refractivity contribution in [1.29, 1.82) is 0 Å². The van der Waals surface area contributed by atoms with Crippen LogP contribution >= 0.6 is 0 Å². The number of rotatable bonds is 1. The van der Waals surface area contributed by atoms with Gasteiger partial charge >= 0.3 is 0 Å². The van der Waals surface area contributed by atoms with Crippen molar-refractivity contribution in [3.05, 3.63) is 22.8 Å². The summed E-state index contributed by atoms with van der Waals surface area (Å²) in [6.07, 6.45) is 11.3. The van der Waals surface area contributed by atoms with Crippen LogP contribution in [0.4, 0.5) is 0 Å². The van der Waals surface area contributed by atoms with Crippen molar-refractivity contribution in [2.24, 2.45) is 34.0 Å². The van der Waals surface area contributed by atoms with Crippen LogP contribution in [0.1, 0.15) is 79.1 Å². The molecule has 5 aliphatic carbocycles. The molecular formula is C24H32O2. The van der Waals surface area contributed by atoms with Crippen molar-refractivity contribution >= 4 is 11.6 Å². The van der Waals surface area contributed by atoms with Crippen LogP contribution in [0.5, 0.6) is 0 Å². The first kappa shape index (κ1) is 17.0. The summed E-state index contributed by atoms with van der Waals surface area (Å²) < 4.78 is 0. The highest BCUT2D eigenvalue weighted by atomic mass is 16.1. The molecule has 5 aliphatic rings. The summed E-state index contributed by atoms with van der Waals surface area (Å²) in [6.45, 7) is 8.71. The molecule has 0 saturated heterocycles. The Hall–Kier alpha value is -1.18. The number of allylic oxidation sites excluding steroid dienone is 4. The molecule has 0 amide bonds. The first-order valence-electron chi connectivity index (χ1n) is 10.8. The number of carbonyl (C=O) groups is 2. The second kappa shape index (κ2) is 5.00. The Morgan fingerprint density at radius 3 is 2.38 bits per heavy atom. The van der Waals surface area contributed by atoms with Gasteiger partial charge in [0.05, 0.1) is 0 Å². The highest BCUT2D eigenvalue weighted by Crippen LogP contribution is 2.80. The Morgan fingerprint density at radius 2 is 1.73 bits per heavy atom. The van der Waals surface area contributed by atoms with E-state index >= 15 is 0 Å². The Balaban J connectivity index is 1.66. The fourth-order valence-electron chi connectivity index (χ4n) is 8.51. The minimum atomic E-state index is -0.0409. The molecule has 2 nitrogen and oxygen atoms in total. The van der Waals surface area contributed by atoms with Gasteiger partial charge in [-0.05, 0) is 98.2 Å². The number of carbonyl (C=O) groups excluding carboxylic acids is 2. The van der Waals surface area contributed by atoms with E-state index in [1.165, 1.54) is 31.3 Å². The van der Waals surface area contributed by atoms with Crippen LogP contribution in [0.3, 0.4) is 0 Å². The van der Waals surface area contributed by atoms with E-state index in [1.54, 1.807) is 11.1 Å². The predicted octanol–water partition coefficient (Wildman–Crippen LogP) is 5.42. The van der Waals surface area contributed by atoms with Gasteiger partial charge in [-0.3, -0.25) is 9.59 Å². The van der Waals surface area contributed by atoms with E-state index in [2.05, 4.69) is 20.8 Å². The first-order chi connectivity index (χ1) is 12.3. The number of hydrogen-bond donors (Lipinski definition) is 0. The third kappa shape index (κ3) is 1.62. The van der Waals surface area contributed by atoms with Gasteiger partial charge in [0.15, 0.2) is 5.78 Å². The van der Waals surface area contributed by atoms with Gasteiger partial charge in [-0.25, -0.2) is 0 Å². The maximum atomic E-state index is 12.7. The monoisotopic (exact) mass is 352 g/mol. The standard InChI is InChI=1S/C24H32O2/c1-14-15(2)21-17(13-20(14)26)5-6-19-18(21)7-8-22(4)23(16(3)25)9-11-24(19,22)12-10-23/h13-15,19H,5-12H2,1-4H3/t14?,15?,19-,22-,23?,24?/m1/s1. The summed E-state index contributed by atoms with van der Waals surface area (Å²) in [4.78, 5) is 25.1. The average Bonchev–Trinajstić information content (AvgIpc) is 3.04. The second-order valence-electron chi connectivity index (χ2n) is 10.3. The Kier molecular flexibility index (Phi) is 3.26. The van der Waals surface area contributed by atoms with E-state index in [0.29, 0.717) is 28.8 Å². The van der Waals surface area contributed by atoms with E-state index in [-0.39, 0.29) is 16.7 Å². The summed E-state index contributed by atoms with van der Waals surface area (Å²) >= 11 is 0. The maximum absolute atomic E-state index is 12.7. The van der Waals surface area contributed by atoms with E-state index in [0.717, 1.165) is 25.7 Å². The van der Waals surface area contributed by atoms with Crippen LogP contribution in [-0.2, 0) is 9.59 Å². The number of hydrogen-bond acceptors (Lipinski definition) is 2. The van der Waals surface area contributed by atoms with Crippen LogP contribution in [-0.4, -0.2) is 11.6 Å². The summed E-state index contributed by atoms with van der Waals surface area (Å²) in [5.74, 6) is 1.92.